The Bertz CT molecular complexity index is 617. The molecule has 1 aromatic carbocycles. The van der Waals surface area contributed by atoms with Crippen molar-refractivity contribution in [2.45, 2.75) is 12.1 Å². The molecule has 0 aromatic heterocycles. The Morgan fingerprint density at radius 1 is 1.33 bits per heavy atom. The molecular weight excluding hydrogens is 308 g/mol. The van der Waals surface area contributed by atoms with E-state index in [0.717, 1.165) is 5.56 Å². The highest BCUT2D eigenvalue weighted by atomic mass is 16.5. The average Bonchev–Trinajstić information content (AvgIpc) is 3.04. The van der Waals surface area contributed by atoms with Crippen LogP contribution in [0.4, 0.5) is 0 Å². The molecule has 0 aliphatic carbocycles. The lowest BCUT2D eigenvalue weighted by Gasteiger charge is -2.36. The third kappa shape index (κ3) is 3.66. The number of ether oxygens (including phenoxy) is 2. The van der Waals surface area contributed by atoms with Crippen LogP contribution in [0.5, 0.6) is 0 Å². The van der Waals surface area contributed by atoms with Gasteiger partial charge in [-0.1, -0.05) is 30.3 Å². The van der Waals surface area contributed by atoms with Crippen molar-refractivity contribution in [3.63, 3.8) is 0 Å². The zero-order valence-corrected chi connectivity index (χ0v) is 13.8. The summed E-state index contributed by atoms with van der Waals surface area (Å²) in [6.07, 6.45) is 3.26. The van der Waals surface area contributed by atoms with Crippen LogP contribution in [0.2, 0.25) is 0 Å². The number of carbonyl (C=O) groups excluding carboxylic acids is 2. The van der Waals surface area contributed by atoms with Gasteiger partial charge in [0.2, 0.25) is 11.8 Å². The van der Waals surface area contributed by atoms with E-state index in [2.05, 4.69) is 0 Å². The summed E-state index contributed by atoms with van der Waals surface area (Å²) in [6.45, 7) is 2.10. The first kappa shape index (κ1) is 16.7. The van der Waals surface area contributed by atoms with Gasteiger partial charge in [0.25, 0.3) is 0 Å². The lowest BCUT2D eigenvalue weighted by atomic mass is 10.1. The number of likely N-dealkylation sites (tertiary alicyclic amines) is 1. The first-order valence-electron chi connectivity index (χ1n) is 8.11. The van der Waals surface area contributed by atoms with E-state index in [1.54, 1.807) is 29.1 Å². The molecule has 2 saturated heterocycles. The smallest absolute Gasteiger partial charge is 0.249 e. The number of hydrogen-bond donors (Lipinski definition) is 0. The highest BCUT2D eigenvalue weighted by Crippen LogP contribution is 2.23. The minimum Gasteiger partial charge on any atom is -0.383 e. The number of nitrogens with zero attached hydrogens (tertiary/aromatic N) is 2. The predicted molar refractivity (Wildman–Crippen MR) is 89.2 cm³/mol. The van der Waals surface area contributed by atoms with E-state index >= 15 is 0 Å². The molecule has 2 aliphatic rings. The zero-order valence-electron chi connectivity index (χ0n) is 13.8. The van der Waals surface area contributed by atoms with Crippen molar-refractivity contribution in [3.05, 3.63) is 42.0 Å². The fraction of sp³-hybridized carbons (Fsp3) is 0.444. The number of hydrogen-bond acceptors (Lipinski definition) is 4. The summed E-state index contributed by atoms with van der Waals surface area (Å²) in [5, 5.41) is 0. The number of morpholine rings is 1. The van der Waals surface area contributed by atoms with Crippen molar-refractivity contribution in [2.75, 3.05) is 40.0 Å². The molecule has 0 bridgehead atoms. The molecule has 2 fully saturated rings. The van der Waals surface area contributed by atoms with Gasteiger partial charge in [0.1, 0.15) is 6.61 Å². The summed E-state index contributed by atoms with van der Waals surface area (Å²) in [5.74, 6) is -0.0987. The molecule has 0 radical (unpaired) electrons. The van der Waals surface area contributed by atoms with Gasteiger partial charge in [-0.05, 0) is 11.6 Å². The van der Waals surface area contributed by atoms with Gasteiger partial charge in [0.05, 0.1) is 18.8 Å². The zero-order chi connectivity index (χ0) is 16.9. The lowest BCUT2D eigenvalue weighted by molar-refractivity contribution is -0.153. The van der Waals surface area contributed by atoms with Crippen molar-refractivity contribution in [3.8, 4) is 0 Å². The maximum absolute atomic E-state index is 12.4. The molecule has 24 heavy (non-hydrogen) atoms. The summed E-state index contributed by atoms with van der Waals surface area (Å²) >= 11 is 0. The Hall–Kier alpha value is -2.18. The standard InChI is InChI=1S/C18H22N2O4/c1-23-10-9-20-15-11-19(12-16(15)24-13-18(20)22)17(21)8-7-14-5-3-2-4-6-14/h2-8,15-16H,9-13H2,1H3/t15-,16-/m0/s1. The Balaban J connectivity index is 1.64. The summed E-state index contributed by atoms with van der Waals surface area (Å²) in [4.78, 5) is 28.0. The van der Waals surface area contributed by atoms with E-state index < -0.39 is 0 Å². The number of benzene rings is 1. The van der Waals surface area contributed by atoms with Gasteiger partial charge < -0.3 is 19.3 Å². The number of rotatable bonds is 5. The van der Waals surface area contributed by atoms with E-state index in [1.165, 1.54) is 0 Å². The van der Waals surface area contributed by atoms with Crippen molar-refractivity contribution in [1.82, 2.24) is 9.80 Å². The molecule has 6 heteroatoms. The third-order valence-corrected chi connectivity index (χ3v) is 4.44. The molecule has 2 aliphatic heterocycles. The second-order valence-corrected chi connectivity index (χ2v) is 5.98. The molecule has 2 atom stereocenters. The van der Waals surface area contributed by atoms with Crippen LogP contribution in [0.15, 0.2) is 36.4 Å². The monoisotopic (exact) mass is 330 g/mol. The van der Waals surface area contributed by atoms with Gasteiger partial charge in [-0.2, -0.15) is 0 Å². The maximum Gasteiger partial charge on any atom is 0.249 e. The first-order chi connectivity index (χ1) is 11.7. The first-order valence-corrected chi connectivity index (χ1v) is 8.11. The molecule has 0 N–H and O–H groups in total. The van der Waals surface area contributed by atoms with Crippen LogP contribution in [-0.2, 0) is 19.1 Å². The summed E-state index contributed by atoms with van der Waals surface area (Å²) < 4.78 is 10.7. The molecule has 2 heterocycles. The molecule has 0 spiro atoms. The van der Waals surface area contributed by atoms with Gasteiger partial charge in [0.15, 0.2) is 0 Å². The second kappa shape index (κ2) is 7.59. The summed E-state index contributed by atoms with van der Waals surface area (Å²) in [5.41, 5.74) is 0.982. The minimum absolute atomic E-state index is 0.0394. The third-order valence-electron chi connectivity index (χ3n) is 4.44. The highest BCUT2D eigenvalue weighted by molar-refractivity contribution is 5.92. The van der Waals surface area contributed by atoms with E-state index in [9.17, 15) is 9.59 Å². The van der Waals surface area contributed by atoms with Gasteiger partial charge in [-0.3, -0.25) is 9.59 Å². The normalized spacial score (nSPS) is 23.8. The SMILES string of the molecule is COCCN1C(=O)CO[C@H]2CN(C(=O)C=Cc3ccccc3)C[C@@H]21. The van der Waals surface area contributed by atoms with Crippen molar-refractivity contribution >= 4 is 17.9 Å². The molecule has 0 saturated carbocycles. The average molecular weight is 330 g/mol. The number of fused-ring (bicyclic) bond motifs is 1. The van der Waals surface area contributed by atoms with Crippen molar-refractivity contribution < 1.29 is 19.1 Å². The number of carbonyl (C=O) groups is 2. The predicted octanol–water partition coefficient (Wildman–Crippen LogP) is 0.784. The van der Waals surface area contributed by atoms with Crippen LogP contribution >= 0.6 is 0 Å². The van der Waals surface area contributed by atoms with Gasteiger partial charge >= 0.3 is 0 Å². The quantitative estimate of drug-likeness (QED) is 0.749. The largest absolute Gasteiger partial charge is 0.383 e. The van der Waals surface area contributed by atoms with E-state index in [4.69, 9.17) is 9.47 Å². The van der Waals surface area contributed by atoms with Gasteiger partial charge in [0, 0.05) is 32.8 Å². The van der Waals surface area contributed by atoms with Gasteiger partial charge in [-0.25, -0.2) is 0 Å². The molecule has 3 rings (SSSR count). The Labute approximate surface area is 141 Å². The minimum atomic E-state index is -0.117. The molecule has 2 amide bonds. The van der Waals surface area contributed by atoms with Crippen molar-refractivity contribution in [2.24, 2.45) is 0 Å². The molecule has 0 unspecified atom stereocenters. The van der Waals surface area contributed by atoms with Gasteiger partial charge in [-0.15, -0.1) is 0 Å². The van der Waals surface area contributed by atoms with Crippen LogP contribution in [-0.4, -0.2) is 73.7 Å². The van der Waals surface area contributed by atoms with Crippen molar-refractivity contribution in [1.29, 1.82) is 0 Å². The van der Waals surface area contributed by atoms with E-state index in [-0.39, 0.29) is 30.6 Å². The van der Waals surface area contributed by atoms with Crippen LogP contribution < -0.4 is 0 Å². The van der Waals surface area contributed by atoms with Crippen LogP contribution in [0.25, 0.3) is 6.08 Å². The maximum atomic E-state index is 12.4. The van der Waals surface area contributed by atoms with Crippen LogP contribution in [0.1, 0.15) is 5.56 Å². The lowest BCUT2D eigenvalue weighted by Crippen LogP contribution is -2.54. The molecule has 128 valence electrons. The Morgan fingerprint density at radius 2 is 2.12 bits per heavy atom. The van der Waals surface area contributed by atoms with E-state index in [1.807, 2.05) is 30.3 Å². The Morgan fingerprint density at radius 3 is 2.88 bits per heavy atom. The molecule has 6 nitrogen and oxygen atoms in total. The van der Waals surface area contributed by atoms with Crippen LogP contribution in [0.3, 0.4) is 0 Å². The number of methoxy groups -OCH3 is 1. The second-order valence-electron chi connectivity index (χ2n) is 5.98. The van der Waals surface area contributed by atoms with Crippen LogP contribution in [0, 0.1) is 0 Å². The molecular formula is C18H22N2O4. The fourth-order valence-electron chi connectivity index (χ4n) is 3.16. The summed E-state index contributed by atoms with van der Waals surface area (Å²) in [7, 11) is 1.61. The summed E-state index contributed by atoms with van der Waals surface area (Å²) in [6, 6.07) is 9.61. The number of amides is 2. The topological polar surface area (TPSA) is 59.1 Å². The Kier molecular flexibility index (Phi) is 5.27. The fourth-order valence-corrected chi connectivity index (χ4v) is 3.16. The molecule has 1 aromatic rings. The van der Waals surface area contributed by atoms with E-state index in [0.29, 0.717) is 26.2 Å². The highest BCUT2D eigenvalue weighted by Gasteiger charge is 2.43.